The predicted molar refractivity (Wildman–Crippen MR) is 62.4 cm³/mol. The van der Waals surface area contributed by atoms with Crippen molar-refractivity contribution in [2.45, 2.75) is 0 Å². The van der Waals surface area contributed by atoms with Crippen molar-refractivity contribution in [2.75, 3.05) is 0 Å². The number of nitro groups is 1. The van der Waals surface area contributed by atoms with Gasteiger partial charge in [0, 0.05) is 6.07 Å². The first-order chi connectivity index (χ1) is 8.58. The van der Waals surface area contributed by atoms with Gasteiger partial charge in [0.2, 0.25) is 0 Å². The van der Waals surface area contributed by atoms with Gasteiger partial charge >= 0.3 is 5.69 Å². The summed E-state index contributed by atoms with van der Waals surface area (Å²) in [4.78, 5) is 13.8. The molecule has 0 aliphatic heterocycles. The quantitative estimate of drug-likeness (QED) is 0.630. The van der Waals surface area contributed by atoms with Crippen molar-refractivity contribution in [3.63, 3.8) is 0 Å². The van der Waals surface area contributed by atoms with Gasteiger partial charge < -0.3 is 4.74 Å². The second-order valence-electron chi connectivity index (χ2n) is 3.27. The van der Waals surface area contributed by atoms with Gasteiger partial charge in [-0.3, -0.25) is 10.1 Å². The number of benzene rings is 1. The molecular formula is C11H6ClFN2O3. The third-order valence-corrected chi connectivity index (χ3v) is 2.25. The Labute approximate surface area is 106 Å². The first-order valence-electron chi connectivity index (χ1n) is 4.80. The summed E-state index contributed by atoms with van der Waals surface area (Å²) in [6.07, 6.45) is 1.19. The van der Waals surface area contributed by atoms with Crippen molar-refractivity contribution in [3.05, 3.63) is 57.5 Å². The normalized spacial score (nSPS) is 10.1. The van der Waals surface area contributed by atoms with E-state index >= 15 is 0 Å². The van der Waals surface area contributed by atoms with Gasteiger partial charge in [-0.15, -0.1) is 0 Å². The Morgan fingerprint density at radius 3 is 2.78 bits per heavy atom. The standard InChI is InChI=1S/C11H6ClFN2O3/c12-7-5-9(15(16)17)11(14-6-7)18-10-4-2-1-3-8(10)13/h1-6H. The van der Waals surface area contributed by atoms with E-state index in [0.29, 0.717) is 0 Å². The molecule has 0 fully saturated rings. The fourth-order valence-electron chi connectivity index (χ4n) is 1.26. The smallest absolute Gasteiger partial charge is 0.332 e. The van der Waals surface area contributed by atoms with E-state index < -0.39 is 16.4 Å². The molecule has 2 rings (SSSR count). The Kier molecular flexibility index (Phi) is 3.38. The molecule has 1 heterocycles. The van der Waals surface area contributed by atoms with Crippen LogP contribution in [0.4, 0.5) is 10.1 Å². The van der Waals surface area contributed by atoms with Crippen LogP contribution in [-0.2, 0) is 0 Å². The van der Waals surface area contributed by atoms with Crippen molar-refractivity contribution in [1.82, 2.24) is 4.98 Å². The number of para-hydroxylation sites is 1. The molecule has 7 heteroatoms. The maximum Gasteiger partial charge on any atom is 0.332 e. The molecule has 1 aromatic carbocycles. The number of ether oxygens (including phenoxy) is 1. The van der Waals surface area contributed by atoms with Gasteiger partial charge in [-0.2, -0.15) is 0 Å². The largest absolute Gasteiger partial charge is 0.431 e. The fourth-order valence-corrected chi connectivity index (χ4v) is 1.41. The van der Waals surface area contributed by atoms with Crippen LogP contribution in [-0.4, -0.2) is 9.91 Å². The monoisotopic (exact) mass is 268 g/mol. The summed E-state index contributed by atoms with van der Waals surface area (Å²) >= 11 is 5.60. The molecule has 0 saturated heterocycles. The van der Waals surface area contributed by atoms with Crippen LogP contribution >= 0.6 is 11.6 Å². The number of hydrogen-bond donors (Lipinski definition) is 0. The number of aromatic nitrogens is 1. The predicted octanol–water partition coefficient (Wildman–Crippen LogP) is 3.57. The molecule has 0 bridgehead atoms. The molecule has 18 heavy (non-hydrogen) atoms. The highest BCUT2D eigenvalue weighted by atomic mass is 35.5. The molecule has 0 saturated carbocycles. The van der Waals surface area contributed by atoms with Crippen LogP contribution in [0, 0.1) is 15.9 Å². The van der Waals surface area contributed by atoms with Gasteiger partial charge in [0.25, 0.3) is 5.88 Å². The van der Waals surface area contributed by atoms with E-state index in [1.807, 2.05) is 0 Å². The van der Waals surface area contributed by atoms with E-state index in [-0.39, 0.29) is 16.7 Å². The maximum absolute atomic E-state index is 13.3. The zero-order valence-corrected chi connectivity index (χ0v) is 9.60. The van der Waals surface area contributed by atoms with E-state index in [2.05, 4.69) is 4.98 Å². The first kappa shape index (κ1) is 12.3. The molecule has 92 valence electrons. The molecule has 1 aromatic heterocycles. The van der Waals surface area contributed by atoms with Gasteiger partial charge in [-0.1, -0.05) is 23.7 Å². The summed E-state index contributed by atoms with van der Waals surface area (Å²) in [5.41, 5.74) is -0.425. The second-order valence-corrected chi connectivity index (χ2v) is 3.70. The topological polar surface area (TPSA) is 65.3 Å². The molecular weight excluding hydrogens is 263 g/mol. The fraction of sp³-hybridized carbons (Fsp3) is 0. The molecule has 0 aliphatic carbocycles. The highest BCUT2D eigenvalue weighted by molar-refractivity contribution is 6.30. The van der Waals surface area contributed by atoms with E-state index in [4.69, 9.17) is 16.3 Å². The average molecular weight is 269 g/mol. The van der Waals surface area contributed by atoms with Crippen LogP contribution in [0.25, 0.3) is 0 Å². The van der Waals surface area contributed by atoms with Crippen LogP contribution in [0.15, 0.2) is 36.5 Å². The summed E-state index contributed by atoms with van der Waals surface area (Å²) in [5, 5.41) is 10.9. The van der Waals surface area contributed by atoms with Crippen LogP contribution in [0.3, 0.4) is 0 Å². The van der Waals surface area contributed by atoms with Crippen LogP contribution < -0.4 is 4.74 Å². The molecule has 0 radical (unpaired) electrons. The lowest BCUT2D eigenvalue weighted by molar-refractivity contribution is -0.386. The SMILES string of the molecule is O=[N+]([O-])c1cc(Cl)cnc1Oc1ccccc1F. The van der Waals surface area contributed by atoms with E-state index in [0.717, 1.165) is 6.07 Å². The highest BCUT2D eigenvalue weighted by Crippen LogP contribution is 2.31. The number of hydrogen-bond acceptors (Lipinski definition) is 4. The second kappa shape index (κ2) is 4.97. The number of halogens is 2. The van der Waals surface area contributed by atoms with Crippen LogP contribution in [0.2, 0.25) is 5.02 Å². The first-order valence-corrected chi connectivity index (χ1v) is 5.18. The van der Waals surface area contributed by atoms with E-state index in [1.54, 1.807) is 6.07 Å². The average Bonchev–Trinajstić information content (AvgIpc) is 2.34. The van der Waals surface area contributed by atoms with Crippen molar-refractivity contribution >= 4 is 17.3 Å². The minimum absolute atomic E-state index is 0.0996. The molecule has 0 spiro atoms. The van der Waals surface area contributed by atoms with Crippen LogP contribution in [0.5, 0.6) is 11.6 Å². The maximum atomic E-state index is 13.3. The Balaban J connectivity index is 2.41. The lowest BCUT2D eigenvalue weighted by Crippen LogP contribution is -1.97. The van der Waals surface area contributed by atoms with Gasteiger partial charge in [0.15, 0.2) is 11.6 Å². The summed E-state index contributed by atoms with van der Waals surface area (Å²) < 4.78 is 18.4. The van der Waals surface area contributed by atoms with Gasteiger partial charge in [0.05, 0.1) is 16.1 Å². The number of pyridine rings is 1. The Hall–Kier alpha value is -2.21. The third-order valence-electron chi connectivity index (χ3n) is 2.04. The van der Waals surface area contributed by atoms with Gasteiger partial charge in [-0.25, -0.2) is 9.37 Å². The lowest BCUT2D eigenvalue weighted by atomic mass is 10.3. The van der Waals surface area contributed by atoms with Crippen LogP contribution in [0.1, 0.15) is 0 Å². The summed E-state index contributed by atoms with van der Waals surface area (Å²) in [6.45, 7) is 0. The molecule has 0 amide bonds. The molecule has 0 unspecified atom stereocenters. The Morgan fingerprint density at radius 2 is 2.11 bits per heavy atom. The number of rotatable bonds is 3. The Bertz CT molecular complexity index is 607. The van der Waals surface area contributed by atoms with Crippen molar-refractivity contribution in [2.24, 2.45) is 0 Å². The summed E-state index contributed by atoms with van der Waals surface area (Å²) in [5.74, 6) is -1.09. The molecule has 5 nitrogen and oxygen atoms in total. The molecule has 0 N–H and O–H groups in total. The summed E-state index contributed by atoms with van der Waals surface area (Å²) in [6, 6.07) is 6.63. The zero-order valence-electron chi connectivity index (χ0n) is 8.84. The minimum atomic E-state index is -0.699. The van der Waals surface area contributed by atoms with Crippen molar-refractivity contribution in [1.29, 1.82) is 0 Å². The molecule has 0 aliphatic rings. The van der Waals surface area contributed by atoms with Gasteiger partial charge in [0.1, 0.15) is 0 Å². The lowest BCUT2D eigenvalue weighted by Gasteiger charge is -2.05. The van der Waals surface area contributed by atoms with E-state index in [9.17, 15) is 14.5 Å². The summed E-state index contributed by atoms with van der Waals surface area (Å²) in [7, 11) is 0. The van der Waals surface area contributed by atoms with Crippen molar-refractivity contribution < 1.29 is 14.1 Å². The van der Waals surface area contributed by atoms with Gasteiger partial charge in [-0.05, 0) is 12.1 Å². The third kappa shape index (κ3) is 2.54. The van der Waals surface area contributed by atoms with E-state index in [1.165, 1.54) is 24.4 Å². The van der Waals surface area contributed by atoms with Crippen molar-refractivity contribution in [3.8, 4) is 11.6 Å². The number of nitrogens with zero attached hydrogens (tertiary/aromatic N) is 2. The Morgan fingerprint density at radius 1 is 1.39 bits per heavy atom. The zero-order chi connectivity index (χ0) is 13.1. The molecule has 2 aromatic rings. The minimum Gasteiger partial charge on any atom is -0.431 e. The molecule has 0 atom stereocenters. The highest BCUT2D eigenvalue weighted by Gasteiger charge is 2.19.